The normalized spacial score (nSPS) is 18.6. The van der Waals surface area contributed by atoms with E-state index in [-0.39, 0.29) is 11.7 Å². The van der Waals surface area contributed by atoms with Gasteiger partial charge in [0, 0.05) is 15.9 Å². The van der Waals surface area contributed by atoms with Crippen molar-refractivity contribution in [2.75, 3.05) is 12.3 Å². The maximum Gasteiger partial charge on any atom is 0.326 e. The number of nitrogens with zero attached hydrogens (tertiary/aromatic N) is 1. The fraction of sp³-hybridized carbons (Fsp3) is 0.385. The summed E-state index contributed by atoms with van der Waals surface area (Å²) in [4.78, 5) is 25.5. The fourth-order valence-corrected chi connectivity index (χ4v) is 3.13. The first-order chi connectivity index (χ1) is 9.08. The quantitative estimate of drug-likeness (QED) is 0.853. The van der Waals surface area contributed by atoms with Crippen LogP contribution in [0.5, 0.6) is 0 Å². The third kappa shape index (κ3) is 3.73. The minimum absolute atomic E-state index is 0.0992. The maximum atomic E-state index is 12.0. The van der Waals surface area contributed by atoms with Gasteiger partial charge in [0.2, 0.25) is 5.91 Å². The lowest BCUT2D eigenvalue weighted by molar-refractivity contribution is -0.147. The highest BCUT2D eigenvalue weighted by molar-refractivity contribution is 9.10. The van der Waals surface area contributed by atoms with E-state index in [1.807, 2.05) is 24.3 Å². The Bertz CT molecular complexity index is 477. The molecule has 19 heavy (non-hydrogen) atoms. The molecular weight excluding hydrogens is 330 g/mol. The summed E-state index contributed by atoms with van der Waals surface area (Å²) in [5.74, 6) is -0.719. The summed E-state index contributed by atoms with van der Waals surface area (Å²) in [7, 11) is 0. The number of hydrogen-bond donors (Lipinski definition) is 1. The standard InChI is InChI=1S/C13H14BrNO3S/c14-9-3-5-10(6-4-9)19-8-12(16)15-7-1-2-11(15)13(17)18/h3-6,11H,1-2,7-8H2,(H,17,18)/t11-/m1/s1. The highest BCUT2D eigenvalue weighted by Gasteiger charge is 2.33. The van der Waals surface area contributed by atoms with Crippen LogP contribution in [0.1, 0.15) is 12.8 Å². The summed E-state index contributed by atoms with van der Waals surface area (Å²) in [6.45, 7) is 0.552. The maximum absolute atomic E-state index is 12.0. The number of carbonyl (C=O) groups excluding carboxylic acids is 1. The van der Waals surface area contributed by atoms with Gasteiger partial charge in [-0.25, -0.2) is 4.79 Å². The molecule has 1 aliphatic heterocycles. The van der Waals surface area contributed by atoms with Gasteiger partial charge in [0.25, 0.3) is 0 Å². The first-order valence-corrected chi connectivity index (χ1v) is 7.76. The van der Waals surface area contributed by atoms with Crippen LogP contribution in [0.25, 0.3) is 0 Å². The summed E-state index contributed by atoms with van der Waals surface area (Å²) >= 11 is 4.79. The van der Waals surface area contributed by atoms with Crippen LogP contribution in [0.3, 0.4) is 0 Å². The van der Waals surface area contributed by atoms with Crippen molar-refractivity contribution < 1.29 is 14.7 Å². The van der Waals surface area contributed by atoms with Gasteiger partial charge >= 0.3 is 5.97 Å². The van der Waals surface area contributed by atoms with Crippen molar-refractivity contribution in [1.82, 2.24) is 4.90 Å². The molecule has 0 radical (unpaired) electrons. The second-order valence-electron chi connectivity index (χ2n) is 4.33. The Morgan fingerprint density at radius 2 is 2.05 bits per heavy atom. The van der Waals surface area contributed by atoms with E-state index >= 15 is 0 Å². The monoisotopic (exact) mass is 343 g/mol. The van der Waals surface area contributed by atoms with Crippen molar-refractivity contribution in [3.63, 3.8) is 0 Å². The van der Waals surface area contributed by atoms with Crippen molar-refractivity contribution >= 4 is 39.6 Å². The number of hydrogen-bond acceptors (Lipinski definition) is 3. The largest absolute Gasteiger partial charge is 0.480 e. The summed E-state index contributed by atoms with van der Waals surface area (Å²) in [6, 6.07) is 7.06. The van der Waals surface area contributed by atoms with E-state index in [0.29, 0.717) is 13.0 Å². The number of halogens is 1. The van der Waals surface area contributed by atoms with Crippen LogP contribution in [0, 0.1) is 0 Å². The van der Waals surface area contributed by atoms with Gasteiger partial charge in [-0.1, -0.05) is 15.9 Å². The van der Waals surface area contributed by atoms with Gasteiger partial charge in [-0.05, 0) is 37.1 Å². The van der Waals surface area contributed by atoms with Gasteiger partial charge in [0.15, 0.2) is 0 Å². The molecule has 1 saturated heterocycles. The average molecular weight is 344 g/mol. The molecule has 0 aliphatic carbocycles. The zero-order chi connectivity index (χ0) is 13.8. The molecule has 1 amide bonds. The second-order valence-corrected chi connectivity index (χ2v) is 6.29. The van der Waals surface area contributed by atoms with Gasteiger partial charge in [-0.15, -0.1) is 11.8 Å². The third-order valence-corrected chi connectivity index (χ3v) is 4.56. The number of amides is 1. The summed E-state index contributed by atoms with van der Waals surface area (Å²) < 4.78 is 0.994. The predicted molar refractivity (Wildman–Crippen MR) is 77.2 cm³/mol. The lowest BCUT2D eigenvalue weighted by atomic mass is 10.2. The molecule has 6 heteroatoms. The molecule has 0 spiro atoms. The lowest BCUT2D eigenvalue weighted by Crippen LogP contribution is -2.41. The SMILES string of the molecule is O=C(O)[C@H]1CCCN1C(=O)CSc1ccc(Br)cc1. The smallest absolute Gasteiger partial charge is 0.326 e. The number of benzene rings is 1. The van der Waals surface area contributed by atoms with Crippen LogP contribution >= 0.6 is 27.7 Å². The number of carboxylic acids is 1. The van der Waals surface area contributed by atoms with E-state index in [4.69, 9.17) is 5.11 Å². The van der Waals surface area contributed by atoms with Crippen molar-refractivity contribution in [2.24, 2.45) is 0 Å². The molecule has 2 rings (SSSR count). The third-order valence-electron chi connectivity index (χ3n) is 3.03. The molecule has 1 aromatic carbocycles. The Morgan fingerprint density at radius 3 is 2.68 bits per heavy atom. The summed E-state index contributed by atoms with van der Waals surface area (Å²) in [5.41, 5.74) is 0. The number of carbonyl (C=O) groups is 2. The molecule has 1 atom stereocenters. The van der Waals surface area contributed by atoms with E-state index in [2.05, 4.69) is 15.9 Å². The van der Waals surface area contributed by atoms with Crippen LogP contribution in [-0.2, 0) is 9.59 Å². The first-order valence-electron chi connectivity index (χ1n) is 5.98. The molecule has 0 saturated carbocycles. The zero-order valence-corrected chi connectivity index (χ0v) is 12.6. The average Bonchev–Trinajstić information content (AvgIpc) is 2.87. The van der Waals surface area contributed by atoms with Crippen LogP contribution < -0.4 is 0 Å². The molecule has 102 valence electrons. The van der Waals surface area contributed by atoms with E-state index in [0.717, 1.165) is 15.8 Å². The fourth-order valence-electron chi connectivity index (χ4n) is 2.08. The number of likely N-dealkylation sites (tertiary alicyclic amines) is 1. The summed E-state index contributed by atoms with van der Waals surface area (Å²) in [5, 5.41) is 9.04. The van der Waals surface area contributed by atoms with E-state index in [1.165, 1.54) is 16.7 Å². The Balaban J connectivity index is 1.90. The Hall–Kier alpha value is -1.01. The number of aliphatic carboxylic acids is 1. The second kappa shape index (κ2) is 6.43. The van der Waals surface area contributed by atoms with E-state index in [9.17, 15) is 9.59 Å². The van der Waals surface area contributed by atoms with Crippen LogP contribution in [0.2, 0.25) is 0 Å². The minimum atomic E-state index is -0.903. The molecule has 0 aromatic heterocycles. The van der Waals surface area contributed by atoms with Crippen molar-refractivity contribution in [1.29, 1.82) is 0 Å². The van der Waals surface area contributed by atoms with E-state index in [1.54, 1.807) is 0 Å². The molecule has 1 heterocycles. The number of thioether (sulfide) groups is 1. The lowest BCUT2D eigenvalue weighted by Gasteiger charge is -2.21. The predicted octanol–water partition coefficient (Wildman–Crippen LogP) is 2.62. The van der Waals surface area contributed by atoms with Crippen molar-refractivity contribution in [3.8, 4) is 0 Å². The van der Waals surface area contributed by atoms with Crippen LogP contribution in [-0.4, -0.2) is 40.2 Å². The molecule has 1 aromatic rings. The molecular formula is C13H14BrNO3S. The molecule has 1 fully saturated rings. The van der Waals surface area contributed by atoms with Gasteiger partial charge in [0.05, 0.1) is 5.75 Å². The Kier molecular flexibility index (Phi) is 4.87. The molecule has 1 N–H and O–H groups in total. The van der Waals surface area contributed by atoms with Crippen molar-refractivity contribution in [3.05, 3.63) is 28.7 Å². The zero-order valence-electron chi connectivity index (χ0n) is 10.2. The Labute approximate surface area is 124 Å². The molecule has 0 unspecified atom stereocenters. The van der Waals surface area contributed by atoms with Gasteiger partial charge in [-0.2, -0.15) is 0 Å². The molecule has 4 nitrogen and oxygen atoms in total. The van der Waals surface area contributed by atoms with Crippen molar-refractivity contribution in [2.45, 2.75) is 23.8 Å². The van der Waals surface area contributed by atoms with E-state index < -0.39 is 12.0 Å². The topological polar surface area (TPSA) is 57.6 Å². The highest BCUT2D eigenvalue weighted by atomic mass is 79.9. The highest BCUT2D eigenvalue weighted by Crippen LogP contribution is 2.23. The number of rotatable bonds is 4. The van der Waals surface area contributed by atoms with Gasteiger partial charge in [0.1, 0.15) is 6.04 Å². The van der Waals surface area contributed by atoms with Crippen LogP contribution in [0.15, 0.2) is 33.6 Å². The molecule has 0 bridgehead atoms. The summed E-state index contributed by atoms with van der Waals surface area (Å²) in [6.07, 6.45) is 1.33. The number of carboxylic acid groups (broad SMARTS) is 1. The Morgan fingerprint density at radius 1 is 1.37 bits per heavy atom. The van der Waals surface area contributed by atoms with Gasteiger partial charge in [-0.3, -0.25) is 4.79 Å². The molecule has 1 aliphatic rings. The van der Waals surface area contributed by atoms with Crippen LogP contribution in [0.4, 0.5) is 0 Å². The minimum Gasteiger partial charge on any atom is -0.480 e. The van der Waals surface area contributed by atoms with Gasteiger partial charge < -0.3 is 10.0 Å². The first kappa shape index (κ1) is 14.4.